The SMILES string of the molecule is C=Cc1ccc(C=C)cc1.C=Cc1ccccc1.Cc1ccc(C(N)c2ccccc2)cc1.Cl.O=C(O)[C@@H]1CCCN1. The summed E-state index contributed by atoms with van der Waals surface area (Å²) in [5.41, 5.74) is 13.2. The number of halogens is 1. The molecule has 0 aliphatic carbocycles. The zero-order chi connectivity index (χ0) is 29.9. The molecule has 0 spiro atoms. The Morgan fingerprint density at radius 3 is 1.55 bits per heavy atom. The Balaban J connectivity index is 0.000000289. The Morgan fingerprint density at radius 2 is 1.19 bits per heavy atom. The van der Waals surface area contributed by atoms with Gasteiger partial charge in [-0.1, -0.05) is 153 Å². The molecule has 0 radical (unpaired) electrons. The number of nitrogens with one attached hydrogen (secondary N) is 1. The summed E-state index contributed by atoms with van der Waals surface area (Å²) in [7, 11) is 0. The van der Waals surface area contributed by atoms with Gasteiger partial charge in [0.05, 0.1) is 6.04 Å². The van der Waals surface area contributed by atoms with Crippen molar-refractivity contribution in [2.45, 2.75) is 31.8 Å². The fraction of sp³-hybridized carbons (Fsp3) is 0.162. The molecule has 0 bridgehead atoms. The molecule has 4 N–H and O–H groups in total. The molecule has 4 aromatic carbocycles. The maximum atomic E-state index is 10.1. The van der Waals surface area contributed by atoms with Crippen molar-refractivity contribution in [2.24, 2.45) is 5.73 Å². The highest BCUT2D eigenvalue weighted by molar-refractivity contribution is 5.85. The molecule has 220 valence electrons. The van der Waals surface area contributed by atoms with Gasteiger partial charge in [0.1, 0.15) is 6.04 Å². The summed E-state index contributed by atoms with van der Waals surface area (Å²) in [6, 6.07) is 36.3. The molecule has 1 saturated heterocycles. The normalized spacial score (nSPS) is 13.5. The fourth-order valence-electron chi connectivity index (χ4n) is 3.88. The standard InChI is InChI=1S/C14H15N.C10H10.C8H8.C5H9NO2.ClH/c1-11-7-9-13(10-8-11)14(15)12-5-3-2-4-6-12;1-3-9-5-7-10(4-2)8-6-9;1-2-8-6-4-3-5-7-8;7-5(8)4-2-1-3-6-4;/h2-10,14H,15H2,1H3;3-8H,1-2H2;2-7H,1H2;4,6H,1-3H2,(H,7,8);1H/t;;;4-;/m...0./s1. The summed E-state index contributed by atoms with van der Waals surface area (Å²) >= 11 is 0. The van der Waals surface area contributed by atoms with Crippen molar-refractivity contribution in [3.63, 3.8) is 0 Å². The Hall–Kier alpha value is -4.22. The van der Waals surface area contributed by atoms with Crippen LogP contribution in [0.2, 0.25) is 0 Å². The van der Waals surface area contributed by atoms with Gasteiger partial charge in [0.15, 0.2) is 0 Å². The summed E-state index contributed by atoms with van der Waals surface area (Å²) in [5, 5.41) is 11.2. The molecule has 2 atom stereocenters. The van der Waals surface area contributed by atoms with Gasteiger partial charge in [-0.05, 0) is 54.1 Å². The average Bonchev–Trinajstić information content (AvgIpc) is 3.59. The first-order valence-corrected chi connectivity index (χ1v) is 13.7. The maximum Gasteiger partial charge on any atom is 0.320 e. The second-order valence-corrected chi connectivity index (χ2v) is 9.48. The Bertz CT molecular complexity index is 1290. The third-order valence-corrected chi connectivity index (χ3v) is 6.40. The van der Waals surface area contributed by atoms with Gasteiger partial charge >= 0.3 is 5.97 Å². The first-order chi connectivity index (χ1) is 19.9. The molecule has 1 aliphatic rings. The van der Waals surface area contributed by atoms with Crippen molar-refractivity contribution < 1.29 is 9.90 Å². The summed E-state index contributed by atoms with van der Waals surface area (Å²) in [5.74, 6) is -0.720. The van der Waals surface area contributed by atoms with Crippen LogP contribution in [0.1, 0.15) is 52.3 Å². The van der Waals surface area contributed by atoms with Crippen molar-refractivity contribution in [1.29, 1.82) is 0 Å². The minimum Gasteiger partial charge on any atom is -0.480 e. The molecule has 1 heterocycles. The van der Waals surface area contributed by atoms with Crippen LogP contribution in [0.25, 0.3) is 18.2 Å². The van der Waals surface area contributed by atoms with E-state index in [9.17, 15) is 4.79 Å². The van der Waals surface area contributed by atoms with E-state index < -0.39 is 5.97 Å². The molecule has 0 amide bonds. The van der Waals surface area contributed by atoms with E-state index >= 15 is 0 Å². The lowest BCUT2D eigenvalue weighted by Gasteiger charge is -2.12. The Kier molecular flexibility index (Phi) is 17.6. The number of aryl methyl sites for hydroxylation is 1. The van der Waals surface area contributed by atoms with Crippen molar-refractivity contribution >= 4 is 36.6 Å². The van der Waals surface area contributed by atoms with Crippen LogP contribution in [-0.2, 0) is 4.79 Å². The smallest absolute Gasteiger partial charge is 0.320 e. The van der Waals surface area contributed by atoms with Gasteiger partial charge in [-0.3, -0.25) is 4.79 Å². The third-order valence-electron chi connectivity index (χ3n) is 6.40. The van der Waals surface area contributed by atoms with Crippen molar-refractivity contribution in [2.75, 3.05) is 6.54 Å². The molecule has 4 aromatic rings. The van der Waals surface area contributed by atoms with Gasteiger partial charge in [-0.15, -0.1) is 12.4 Å². The molecule has 1 unspecified atom stereocenters. The topological polar surface area (TPSA) is 75.4 Å². The van der Waals surface area contributed by atoms with Crippen molar-refractivity contribution in [3.05, 3.63) is 162 Å². The largest absolute Gasteiger partial charge is 0.480 e. The predicted octanol–water partition coefficient (Wildman–Crippen LogP) is 8.59. The number of hydrogen-bond donors (Lipinski definition) is 3. The lowest BCUT2D eigenvalue weighted by molar-refractivity contribution is -0.139. The molecular weight excluding hydrogens is 540 g/mol. The monoisotopic (exact) mass is 582 g/mol. The number of nitrogens with two attached hydrogens (primary N) is 1. The Labute approximate surface area is 257 Å². The van der Waals surface area contributed by atoms with Crippen LogP contribution < -0.4 is 11.1 Å². The number of rotatable bonds is 6. The molecular formula is C37H43ClN2O2. The van der Waals surface area contributed by atoms with E-state index in [1.165, 1.54) is 11.1 Å². The van der Waals surface area contributed by atoms with E-state index in [0.717, 1.165) is 41.6 Å². The van der Waals surface area contributed by atoms with E-state index in [0.29, 0.717) is 0 Å². The van der Waals surface area contributed by atoms with Crippen LogP contribution in [0.4, 0.5) is 0 Å². The van der Waals surface area contributed by atoms with Crippen LogP contribution in [0.5, 0.6) is 0 Å². The number of benzene rings is 4. The van der Waals surface area contributed by atoms with Crippen LogP contribution in [-0.4, -0.2) is 23.7 Å². The first kappa shape index (κ1) is 35.8. The van der Waals surface area contributed by atoms with Gasteiger partial charge in [-0.2, -0.15) is 0 Å². The zero-order valence-corrected chi connectivity index (χ0v) is 25.2. The fourth-order valence-corrected chi connectivity index (χ4v) is 3.88. The summed E-state index contributed by atoms with van der Waals surface area (Å²) < 4.78 is 0. The van der Waals surface area contributed by atoms with Crippen LogP contribution >= 0.6 is 12.4 Å². The molecule has 0 saturated carbocycles. The zero-order valence-electron chi connectivity index (χ0n) is 24.4. The molecule has 42 heavy (non-hydrogen) atoms. The highest BCUT2D eigenvalue weighted by atomic mass is 35.5. The van der Waals surface area contributed by atoms with E-state index in [1.54, 1.807) is 0 Å². The first-order valence-electron chi connectivity index (χ1n) is 13.7. The van der Waals surface area contributed by atoms with Gasteiger partial charge in [-0.25, -0.2) is 0 Å². The molecule has 4 nitrogen and oxygen atoms in total. The maximum absolute atomic E-state index is 10.1. The molecule has 5 rings (SSSR count). The van der Waals surface area contributed by atoms with Gasteiger partial charge < -0.3 is 16.2 Å². The van der Waals surface area contributed by atoms with E-state index in [2.05, 4.69) is 68.4 Å². The van der Waals surface area contributed by atoms with Crippen LogP contribution in [0.15, 0.2) is 129 Å². The minimum absolute atomic E-state index is 0. The second-order valence-electron chi connectivity index (χ2n) is 9.48. The van der Waals surface area contributed by atoms with Gasteiger partial charge in [0.2, 0.25) is 0 Å². The summed E-state index contributed by atoms with van der Waals surface area (Å²) in [6.45, 7) is 13.9. The molecule has 1 aliphatic heterocycles. The minimum atomic E-state index is -0.720. The molecule has 5 heteroatoms. The van der Waals surface area contributed by atoms with Crippen LogP contribution in [0, 0.1) is 6.92 Å². The van der Waals surface area contributed by atoms with Gasteiger partial charge in [0.25, 0.3) is 0 Å². The summed E-state index contributed by atoms with van der Waals surface area (Å²) in [6.07, 6.45) is 7.27. The number of hydrogen-bond acceptors (Lipinski definition) is 3. The lowest BCUT2D eigenvalue weighted by Crippen LogP contribution is -2.29. The number of carboxylic acids is 1. The third kappa shape index (κ3) is 13.4. The second kappa shape index (κ2) is 20.6. The molecule has 1 fully saturated rings. The van der Waals surface area contributed by atoms with Crippen molar-refractivity contribution in [3.8, 4) is 0 Å². The highest BCUT2D eigenvalue weighted by Gasteiger charge is 2.20. The Morgan fingerprint density at radius 1 is 0.762 bits per heavy atom. The lowest BCUT2D eigenvalue weighted by atomic mass is 9.99. The van der Waals surface area contributed by atoms with Crippen LogP contribution in [0.3, 0.4) is 0 Å². The summed E-state index contributed by atoms with van der Waals surface area (Å²) in [4.78, 5) is 10.1. The average molecular weight is 583 g/mol. The predicted molar refractivity (Wildman–Crippen MR) is 183 cm³/mol. The van der Waals surface area contributed by atoms with Gasteiger partial charge in [0, 0.05) is 0 Å². The highest BCUT2D eigenvalue weighted by Crippen LogP contribution is 2.19. The molecule has 0 aromatic heterocycles. The number of aliphatic carboxylic acids is 1. The van der Waals surface area contributed by atoms with E-state index in [1.807, 2.05) is 91.0 Å². The van der Waals surface area contributed by atoms with E-state index in [4.69, 9.17) is 10.8 Å². The van der Waals surface area contributed by atoms with E-state index in [-0.39, 0.29) is 24.5 Å². The van der Waals surface area contributed by atoms with Crippen molar-refractivity contribution in [1.82, 2.24) is 5.32 Å². The number of carbonyl (C=O) groups is 1. The number of carboxylic acid groups (broad SMARTS) is 1. The quantitative estimate of drug-likeness (QED) is 0.213.